The van der Waals surface area contributed by atoms with Gasteiger partial charge in [-0.25, -0.2) is 4.79 Å². The Kier molecular flexibility index (Phi) is 4.59. The molecule has 0 aromatic carbocycles. The van der Waals surface area contributed by atoms with Crippen molar-refractivity contribution in [3.63, 3.8) is 0 Å². The van der Waals surface area contributed by atoms with Gasteiger partial charge in [0.2, 0.25) is 0 Å². The quantitative estimate of drug-likeness (QED) is 0.749. The number of hydrogen-bond acceptors (Lipinski definition) is 3. The Hall–Kier alpha value is -0.770. The second-order valence-corrected chi connectivity index (χ2v) is 5.36. The SMILES string of the molecule is CC(C)(C)OC(=O)N1CCCCCC1CO. The van der Waals surface area contributed by atoms with Gasteiger partial charge in [0, 0.05) is 6.54 Å². The van der Waals surface area contributed by atoms with Crippen LogP contribution in [0.1, 0.15) is 46.5 Å². The highest BCUT2D eigenvalue weighted by Gasteiger charge is 2.28. The first-order valence-corrected chi connectivity index (χ1v) is 6.04. The minimum Gasteiger partial charge on any atom is -0.444 e. The van der Waals surface area contributed by atoms with Crippen LogP contribution in [0.4, 0.5) is 4.79 Å². The predicted molar refractivity (Wildman–Crippen MR) is 62.3 cm³/mol. The molecule has 94 valence electrons. The molecule has 1 heterocycles. The molecule has 16 heavy (non-hydrogen) atoms. The molecule has 1 unspecified atom stereocenters. The van der Waals surface area contributed by atoms with E-state index in [0.717, 1.165) is 25.7 Å². The number of likely N-dealkylation sites (tertiary alicyclic amines) is 1. The minimum atomic E-state index is -0.469. The predicted octanol–water partition coefficient (Wildman–Crippen LogP) is 2.16. The fourth-order valence-electron chi connectivity index (χ4n) is 1.93. The highest BCUT2D eigenvalue weighted by atomic mass is 16.6. The molecule has 0 saturated carbocycles. The van der Waals surface area contributed by atoms with E-state index in [1.165, 1.54) is 0 Å². The highest BCUT2D eigenvalue weighted by Crippen LogP contribution is 2.19. The van der Waals surface area contributed by atoms with E-state index in [0.29, 0.717) is 6.54 Å². The first-order chi connectivity index (χ1) is 7.44. The summed E-state index contributed by atoms with van der Waals surface area (Å²) in [7, 11) is 0. The van der Waals surface area contributed by atoms with Crippen LogP contribution < -0.4 is 0 Å². The maximum Gasteiger partial charge on any atom is 0.410 e. The van der Waals surface area contributed by atoms with Crippen LogP contribution in [0.2, 0.25) is 0 Å². The van der Waals surface area contributed by atoms with Crippen molar-refractivity contribution in [1.82, 2.24) is 4.90 Å². The van der Waals surface area contributed by atoms with Crippen LogP contribution in [0.15, 0.2) is 0 Å². The zero-order valence-electron chi connectivity index (χ0n) is 10.5. The van der Waals surface area contributed by atoms with E-state index in [-0.39, 0.29) is 18.7 Å². The standard InChI is InChI=1S/C12H23NO3/c1-12(2,3)16-11(15)13-8-6-4-5-7-10(13)9-14/h10,14H,4-9H2,1-3H3. The Morgan fingerprint density at radius 3 is 2.62 bits per heavy atom. The van der Waals surface area contributed by atoms with Crippen molar-refractivity contribution in [2.45, 2.75) is 58.1 Å². The fourth-order valence-corrected chi connectivity index (χ4v) is 1.93. The van der Waals surface area contributed by atoms with E-state index in [4.69, 9.17) is 4.74 Å². The van der Waals surface area contributed by atoms with Crippen molar-refractivity contribution >= 4 is 6.09 Å². The van der Waals surface area contributed by atoms with Crippen LogP contribution >= 0.6 is 0 Å². The second-order valence-electron chi connectivity index (χ2n) is 5.36. The summed E-state index contributed by atoms with van der Waals surface area (Å²) in [5.41, 5.74) is -0.469. The average molecular weight is 229 g/mol. The summed E-state index contributed by atoms with van der Waals surface area (Å²) < 4.78 is 5.34. The molecule has 0 spiro atoms. The molecule has 1 atom stereocenters. The van der Waals surface area contributed by atoms with Gasteiger partial charge in [0.1, 0.15) is 5.60 Å². The highest BCUT2D eigenvalue weighted by molar-refractivity contribution is 5.68. The van der Waals surface area contributed by atoms with Crippen molar-refractivity contribution in [2.75, 3.05) is 13.2 Å². The third kappa shape index (κ3) is 4.00. The van der Waals surface area contributed by atoms with E-state index in [1.54, 1.807) is 4.90 Å². The average Bonchev–Trinajstić information content (AvgIpc) is 2.39. The molecule has 4 heteroatoms. The number of aliphatic hydroxyl groups excluding tert-OH is 1. The van der Waals surface area contributed by atoms with E-state index < -0.39 is 5.60 Å². The first-order valence-electron chi connectivity index (χ1n) is 6.04. The van der Waals surface area contributed by atoms with Crippen molar-refractivity contribution in [1.29, 1.82) is 0 Å². The Labute approximate surface area is 97.6 Å². The second kappa shape index (κ2) is 5.53. The van der Waals surface area contributed by atoms with Crippen LogP contribution in [0.5, 0.6) is 0 Å². The smallest absolute Gasteiger partial charge is 0.410 e. The molecule has 0 aromatic heterocycles. The molecule has 1 amide bonds. The third-order valence-electron chi connectivity index (χ3n) is 2.72. The van der Waals surface area contributed by atoms with Crippen LogP contribution in [0.25, 0.3) is 0 Å². The molecule has 0 radical (unpaired) electrons. The summed E-state index contributed by atoms with van der Waals surface area (Å²) in [6, 6.07) is -0.0719. The van der Waals surface area contributed by atoms with Gasteiger partial charge in [-0.2, -0.15) is 0 Å². The molecule has 1 aliphatic rings. The summed E-state index contributed by atoms with van der Waals surface area (Å²) in [6.45, 7) is 6.30. The van der Waals surface area contributed by atoms with Gasteiger partial charge >= 0.3 is 6.09 Å². The number of hydrogen-bond donors (Lipinski definition) is 1. The third-order valence-corrected chi connectivity index (χ3v) is 2.72. The molecule has 1 rings (SSSR count). The number of carbonyl (C=O) groups excluding carboxylic acids is 1. The van der Waals surface area contributed by atoms with Crippen LogP contribution in [-0.2, 0) is 4.74 Å². The largest absolute Gasteiger partial charge is 0.444 e. The number of nitrogens with zero attached hydrogens (tertiary/aromatic N) is 1. The molecule has 0 aromatic rings. The molecule has 1 fully saturated rings. The summed E-state index contributed by atoms with van der Waals surface area (Å²) >= 11 is 0. The summed E-state index contributed by atoms with van der Waals surface area (Å²) in [4.78, 5) is 13.6. The van der Waals surface area contributed by atoms with Crippen LogP contribution in [-0.4, -0.2) is 40.9 Å². The van der Waals surface area contributed by atoms with Gasteiger partial charge in [0.15, 0.2) is 0 Å². The van der Waals surface area contributed by atoms with Gasteiger partial charge in [-0.15, -0.1) is 0 Å². The molecule has 1 N–H and O–H groups in total. The maximum absolute atomic E-state index is 11.9. The topological polar surface area (TPSA) is 49.8 Å². The monoisotopic (exact) mass is 229 g/mol. The van der Waals surface area contributed by atoms with Gasteiger partial charge < -0.3 is 14.7 Å². The van der Waals surface area contributed by atoms with Crippen molar-refractivity contribution in [2.24, 2.45) is 0 Å². The lowest BCUT2D eigenvalue weighted by molar-refractivity contribution is 0.0100. The summed E-state index contributed by atoms with van der Waals surface area (Å²) in [5.74, 6) is 0. The van der Waals surface area contributed by atoms with E-state index in [9.17, 15) is 9.90 Å². The zero-order chi connectivity index (χ0) is 12.2. The maximum atomic E-state index is 11.9. The Morgan fingerprint density at radius 2 is 2.06 bits per heavy atom. The summed E-state index contributed by atoms with van der Waals surface area (Å²) in [6.07, 6.45) is 3.76. The zero-order valence-corrected chi connectivity index (χ0v) is 10.5. The molecule has 1 saturated heterocycles. The normalized spacial score (nSPS) is 22.8. The first kappa shape index (κ1) is 13.3. The van der Waals surface area contributed by atoms with E-state index in [2.05, 4.69) is 0 Å². The number of amides is 1. The van der Waals surface area contributed by atoms with Crippen LogP contribution in [0, 0.1) is 0 Å². The van der Waals surface area contributed by atoms with Crippen molar-refractivity contribution in [3.8, 4) is 0 Å². The lowest BCUT2D eigenvalue weighted by atomic mass is 10.1. The fraction of sp³-hybridized carbons (Fsp3) is 0.917. The Balaban J connectivity index is 2.63. The lowest BCUT2D eigenvalue weighted by Gasteiger charge is -2.31. The van der Waals surface area contributed by atoms with Gasteiger partial charge in [-0.05, 0) is 33.6 Å². The molecule has 0 aliphatic carbocycles. The Morgan fingerprint density at radius 1 is 1.38 bits per heavy atom. The summed E-state index contributed by atoms with van der Waals surface area (Å²) in [5, 5.41) is 9.28. The van der Waals surface area contributed by atoms with E-state index in [1.807, 2.05) is 20.8 Å². The van der Waals surface area contributed by atoms with Gasteiger partial charge in [-0.1, -0.05) is 12.8 Å². The van der Waals surface area contributed by atoms with Crippen molar-refractivity contribution in [3.05, 3.63) is 0 Å². The molecular weight excluding hydrogens is 206 g/mol. The number of rotatable bonds is 1. The van der Waals surface area contributed by atoms with E-state index >= 15 is 0 Å². The lowest BCUT2D eigenvalue weighted by Crippen LogP contribution is -2.44. The number of aliphatic hydroxyl groups is 1. The molecule has 4 nitrogen and oxygen atoms in total. The molecule has 1 aliphatic heterocycles. The Bertz CT molecular complexity index is 235. The van der Waals surface area contributed by atoms with Crippen LogP contribution in [0.3, 0.4) is 0 Å². The van der Waals surface area contributed by atoms with Gasteiger partial charge in [0.05, 0.1) is 12.6 Å². The molecule has 0 bridgehead atoms. The number of ether oxygens (including phenoxy) is 1. The minimum absolute atomic E-state index is 0.0270. The number of carbonyl (C=O) groups is 1. The van der Waals surface area contributed by atoms with Gasteiger partial charge in [-0.3, -0.25) is 0 Å². The molecular formula is C12H23NO3. The van der Waals surface area contributed by atoms with Gasteiger partial charge in [0.25, 0.3) is 0 Å². The van der Waals surface area contributed by atoms with Crippen molar-refractivity contribution < 1.29 is 14.6 Å².